The van der Waals surface area contributed by atoms with Crippen LogP contribution in [0.2, 0.25) is 0 Å². The largest absolute Gasteiger partial charge is 0.379 e. The van der Waals surface area contributed by atoms with Gasteiger partial charge in [0.15, 0.2) is 0 Å². The van der Waals surface area contributed by atoms with Crippen molar-refractivity contribution < 1.29 is 17.9 Å². The van der Waals surface area contributed by atoms with Gasteiger partial charge < -0.3 is 9.64 Å². The van der Waals surface area contributed by atoms with Gasteiger partial charge in [0.2, 0.25) is 10.0 Å². The summed E-state index contributed by atoms with van der Waals surface area (Å²) in [6.07, 6.45) is 5.06. The molecule has 0 unspecified atom stereocenters. The lowest BCUT2D eigenvalue weighted by molar-refractivity contribution is 0.0332. The maximum atomic E-state index is 13.0. The van der Waals surface area contributed by atoms with Crippen LogP contribution in [0.4, 0.5) is 0 Å². The molecule has 0 radical (unpaired) electrons. The zero-order valence-electron chi connectivity index (χ0n) is 19.2. The van der Waals surface area contributed by atoms with Gasteiger partial charge in [-0.15, -0.1) is 0 Å². The highest BCUT2D eigenvalue weighted by atomic mass is 32.2. The van der Waals surface area contributed by atoms with Crippen molar-refractivity contribution in [3.8, 4) is 0 Å². The Morgan fingerprint density at radius 2 is 1.56 bits per heavy atom. The Labute approximate surface area is 192 Å². The maximum Gasteiger partial charge on any atom is 0.253 e. The lowest BCUT2D eigenvalue weighted by Gasteiger charge is -2.34. The van der Waals surface area contributed by atoms with Gasteiger partial charge >= 0.3 is 0 Å². The summed E-state index contributed by atoms with van der Waals surface area (Å²) in [6, 6.07) is 6.53. The quantitative estimate of drug-likeness (QED) is 0.649. The van der Waals surface area contributed by atoms with E-state index < -0.39 is 10.0 Å². The number of benzene rings is 1. The number of carbonyl (C=O) groups excluding carboxylic acids is 1. The van der Waals surface area contributed by atoms with Crippen LogP contribution >= 0.6 is 0 Å². The first-order chi connectivity index (χ1) is 15.4. The van der Waals surface area contributed by atoms with Crippen molar-refractivity contribution in [1.82, 2.24) is 14.1 Å². The number of rotatable bonds is 6. The Morgan fingerprint density at radius 3 is 2.19 bits per heavy atom. The molecule has 32 heavy (non-hydrogen) atoms. The Bertz CT molecular complexity index is 852. The first-order valence-corrected chi connectivity index (χ1v) is 13.6. The van der Waals surface area contributed by atoms with Gasteiger partial charge in [0, 0.05) is 44.8 Å². The number of amides is 1. The number of hydrogen-bond acceptors (Lipinski definition) is 5. The van der Waals surface area contributed by atoms with Gasteiger partial charge in [-0.25, -0.2) is 8.42 Å². The van der Waals surface area contributed by atoms with E-state index in [1.807, 2.05) is 4.90 Å². The third-order valence-corrected chi connectivity index (χ3v) is 9.25. The van der Waals surface area contributed by atoms with E-state index in [1.165, 1.54) is 6.42 Å². The number of hydrogen-bond donors (Lipinski definition) is 0. The molecular weight excluding hydrogens is 426 g/mol. The van der Waals surface area contributed by atoms with Gasteiger partial charge in [-0.1, -0.05) is 6.92 Å². The first-order valence-electron chi connectivity index (χ1n) is 12.1. The van der Waals surface area contributed by atoms with E-state index in [2.05, 4.69) is 11.8 Å². The third kappa shape index (κ3) is 5.71. The van der Waals surface area contributed by atoms with Crippen molar-refractivity contribution in [2.45, 2.75) is 43.9 Å². The molecule has 7 nitrogen and oxygen atoms in total. The highest BCUT2D eigenvalue weighted by molar-refractivity contribution is 7.89. The molecule has 8 heteroatoms. The molecule has 0 aromatic heterocycles. The summed E-state index contributed by atoms with van der Waals surface area (Å²) >= 11 is 0. The van der Waals surface area contributed by atoms with Crippen molar-refractivity contribution in [1.29, 1.82) is 0 Å². The number of morpholine rings is 1. The van der Waals surface area contributed by atoms with Crippen LogP contribution in [0.5, 0.6) is 0 Å². The van der Waals surface area contributed by atoms with Gasteiger partial charge in [0.1, 0.15) is 0 Å². The monoisotopic (exact) mass is 463 g/mol. The van der Waals surface area contributed by atoms with E-state index >= 15 is 0 Å². The summed E-state index contributed by atoms with van der Waals surface area (Å²) in [6.45, 7) is 9.71. The Balaban J connectivity index is 1.27. The second-order valence-corrected chi connectivity index (χ2v) is 11.5. The van der Waals surface area contributed by atoms with Crippen LogP contribution in [-0.2, 0) is 14.8 Å². The second-order valence-electron chi connectivity index (χ2n) is 9.59. The predicted octanol–water partition coefficient (Wildman–Crippen LogP) is 2.68. The lowest BCUT2D eigenvalue weighted by atomic mass is 9.93. The number of likely N-dealkylation sites (tertiary alicyclic amines) is 1. The van der Waals surface area contributed by atoms with E-state index in [0.29, 0.717) is 30.5 Å². The Kier molecular flexibility index (Phi) is 7.87. The molecule has 3 fully saturated rings. The molecule has 0 atom stereocenters. The minimum atomic E-state index is -3.48. The zero-order valence-corrected chi connectivity index (χ0v) is 20.1. The molecule has 0 N–H and O–H groups in total. The average Bonchev–Trinajstić information content (AvgIpc) is 2.84. The van der Waals surface area contributed by atoms with Crippen LogP contribution in [-0.4, -0.2) is 87.5 Å². The van der Waals surface area contributed by atoms with Gasteiger partial charge in [-0.2, -0.15) is 4.31 Å². The number of sulfonamides is 1. The molecule has 0 saturated carbocycles. The van der Waals surface area contributed by atoms with Crippen LogP contribution < -0.4 is 0 Å². The van der Waals surface area contributed by atoms with Crippen molar-refractivity contribution in [2.75, 3.05) is 59.0 Å². The molecule has 4 rings (SSSR count). The fourth-order valence-corrected chi connectivity index (χ4v) is 6.41. The molecule has 3 aliphatic rings. The topological polar surface area (TPSA) is 70.2 Å². The van der Waals surface area contributed by atoms with Gasteiger partial charge in [-0.05, 0) is 74.8 Å². The van der Waals surface area contributed by atoms with Crippen molar-refractivity contribution in [3.63, 3.8) is 0 Å². The van der Waals surface area contributed by atoms with Crippen molar-refractivity contribution in [3.05, 3.63) is 29.8 Å². The standard InChI is InChI=1S/C24H37N3O4S/c1-20-6-14-27(15-7-20)32(29,30)23-4-2-22(3-5-23)24(28)26-12-9-21(10-13-26)8-11-25-16-18-31-19-17-25/h2-5,20-21H,6-19H2,1H3. The van der Waals surface area contributed by atoms with E-state index in [-0.39, 0.29) is 10.8 Å². The van der Waals surface area contributed by atoms with Crippen LogP contribution in [0.15, 0.2) is 29.2 Å². The normalized spacial score (nSPS) is 22.8. The molecule has 178 valence electrons. The maximum absolute atomic E-state index is 13.0. The average molecular weight is 464 g/mol. The molecule has 1 aromatic carbocycles. The zero-order chi connectivity index (χ0) is 22.6. The van der Waals surface area contributed by atoms with Crippen LogP contribution in [0.25, 0.3) is 0 Å². The molecule has 0 aliphatic carbocycles. The van der Waals surface area contributed by atoms with E-state index in [1.54, 1.807) is 28.6 Å². The van der Waals surface area contributed by atoms with Crippen LogP contribution in [0, 0.1) is 11.8 Å². The highest BCUT2D eigenvalue weighted by Gasteiger charge is 2.29. The fourth-order valence-electron chi connectivity index (χ4n) is 4.94. The Hall–Kier alpha value is -1.48. The van der Waals surface area contributed by atoms with Crippen molar-refractivity contribution in [2.24, 2.45) is 11.8 Å². The number of carbonyl (C=O) groups is 1. The molecular formula is C24H37N3O4S. The summed E-state index contributed by atoms with van der Waals surface area (Å²) in [4.78, 5) is 17.6. The van der Waals surface area contributed by atoms with E-state index in [4.69, 9.17) is 4.74 Å². The number of piperidine rings is 2. The Morgan fingerprint density at radius 1 is 0.938 bits per heavy atom. The van der Waals surface area contributed by atoms with Gasteiger partial charge in [0.25, 0.3) is 5.91 Å². The van der Waals surface area contributed by atoms with Crippen LogP contribution in [0.3, 0.4) is 0 Å². The number of ether oxygens (including phenoxy) is 1. The summed E-state index contributed by atoms with van der Waals surface area (Å²) in [5.41, 5.74) is 0.572. The molecule has 3 saturated heterocycles. The molecule has 1 aromatic rings. The lowest BCUT2D eigenvalue weighted by Crippen LogP contribution is -2.41. The van der Waals surface area contributed by atoms with Crippen LogP contribution in [0.1, 0.15) is 49.4 Å². The summed E-state index contributed by atoms with van der Waals surface area (Å²) in [5.74, 6) is 1.25. The fraction of sp³-hybridized carbons (Fsp3) is 0.708. The summed E-state index contributed by atoms with van der Waals surface area (Å²) < 4.78 is 32.8. The minimum Gasteiger partial charge on any atom is -0.379 e. The summed E-state index contributed by atoms with van der Waals surface area (Å²) in [5, 5.41) is 0. The highest BCUT2D eigenvalue weighted by Crippen LogP contribution is 2.25. The molecule has 0 spiro atoms. The SMILES string of the molecule is CC1CCN(S(=O)(=O)c2ccc(C(=O)N3CCC(CCN4CCOCC4)CC3)cc2)CC1. The smallest absolute Gasteiger partial charge is 0.253 e. The van der Waals surface area contributed by atoms with E-state index in [0.717, 1.165) is 71.6 Å². The molecule has 3 heterocycles. The number of nitrogens with zero attached hydrogens (tertiary/aromatic N) is 3. The minimum absolute atomic E-state index is 0.00683. The van der Waals surface area contributed by atoms with E-state index in [9.17, 15) is 13.2 Å². The van der Waals surface area contributed by atoms with Gasteiger partial charge in [-0.3, -0.25) is 9.69 Å². The summed E-state index contributed by atoms with van der Waals surface area (Å²) in [7, 11) is -3.48. The van der Waals surface area contributed by atoms with Crippen molar-refractivity contribution >= 4 is 15.9 Å². The first kappa shape index (κ1) is 23.7. The third-order valence-electron chi connectivity index (χ3n) is 7.34. The van der Waals surface area contributed by atoms with Gasteiger partial charge in [0.05, 0.1) is 18.1 Å². The molecule has 1 amide bonds. The molecule has 3 aliphatic heterocycles. The second kappa shape index (κ2) is 10.6. The predicted molar refractivity (Wildman–Crippen MR) is 124 cm³/mol. The molecule has 0 bridgehead atoms.